The van der Waals surface area contributed by atoms with Crippen LogP contribution >= 0.6 is 11.6 Å². The van der Waals surface area contributed by atoms with E-state index in [4.69, 9.17) is 11.6 Å². The summed E-state index contributed by atoms with van der Waals surface area (Å²) in [5.74, 6) is 0.0837. The molecule has 1 heterocycles. The first-order valence-corrected chi connectivity index (χ1v) is 10.8. The van der Waals surface area contributed by atoms with Crippen molar-refractivity contribution in [1.29, 1.82) is 0 Å². The van der Waals surface area contributed by atoms with E-state index in [1.54, 1.807) is 54.6 Å². The lowest BCUT2D eigenvalue weighted by Gasteiger charge is -2.31. The summed E-state index contributed by atoms with van der Waals surface area (Å²) in [4.78, 5) is 15.1. The maximum Gasteiger partial charge on any atom is 0.179 e. The van der Waals surface area contributed by atoms with Gasteiger partial charge in [0.25, 0.3) is 0 Å². The number of ketones is 1. The van der Waals surface area contributed by atoms with Crippen LogP contribution in [0.4, 0.5) is 0 Å². The first-order chi connectivity index (χ1) is 12.5. The van der Waals surface area contributed by atoms with E-state index in [-0.39, 0.29) is 17.5 Å². The fourth-order valence-electron chi connectivity index (χ4n) is 3.32. The van der Waals surface area contributed by atoms with Gasteiger partial charge >= 0.3 is 0 Å². The minimum absolute atomic E-state index is 0.0683. The van der Waals surface area contributed by atoms with Gasteiger partial charge in [0.15, 0.2) is 15.6 Å². The molecule has 1 fully saturated rings. The maximum atomic E-state index is 12.7. The second-order valence-corrected chi connectivity index (χ2v) is 9.19. The number of benzene rings is 2. The Kier molecular flexibility index (Phi) is 6.12. The molecule has 0 aliphatic carbocycles. The Labute approximate surface area is 159 Å². The molecule has 0 amide bonds. The fourth-order valence-corrected chi connectivity index (χ4v) is 4.75. The zero-order chi connectivity index (χ0) is 18.6. The molecule has 138 valence electrons. The van der Waals surface area contributed by atoms with Crippen molar-refractivity contribution in [3.8, 4) is 0 Å². The highest BCUT2D eigenvalue weighted by Gasteiger charge is 2.27. The van der Waals surface area contributed by atoms with Gasteiger partial charge in [0.05, 0.1) is 10.6 Å². The number of rotatable bonds is 6. The number of Topliss-reactive ketones (excluding diaryl/α,β-unsaturated/α-hetero) is 1. The molecule has 26 heavy (non-hydrogen) atoms. The lowest BCUT2D eigenvalue weighted by molar-refractivity contribution is 0.0826. The molecule has 1 aliphatic heterocycles. The van der Waals surface area contributed by atoms with E-state index in [1.165, 1.54) is 0 Å². The van der Waals surface area contributed by atoms with Crippen LogP contribution in [0.15, 0.2) is 59.5 Å². The molecule has 1 unspecified atom stereocenters. The number of piperidine rings is 1. The fraction of sp³-hybridized carbons (Fsp3) is 0.350. The summed E-state index contributed by atoms with van der Waals surface area (Å²) in [7, 11) is -3.30. The Morgan fingerprint density at radius 3 is 2.46 bits per heavy atom. The van der Waals surface area contributed by atoms with Gasteiger partial charge in [-0.15, -0.1) is 0 Å². The molecule has 0 aromatic heterocycles. The van der Waals surface area contributed by atoms with E-state index < -0.39 is 9.84 Å². The summed E-state index contributed by atoms with van der Waals surface area (Å²) in [6.07, 6.45) is 1.73. The van der Waals surface area contributed by atoms with Crippen molar-refractivity contribution >= 4 is 27.2 Å². The highest BCUT2D eigenvalue weighted by molar-refractivity contribution is 7.91. The molecule has 4 nitrogen and oxygen atoms in total. The summed E-state index contributed by atoms with van der Waals surface area (Å²) in [5, 5.41) is 0.609. The lowest BCUT2D eigenvalue weighted by atomic mass is 9.90. The predicted molar refractivity (Wildman–Crippen MR) is 103 cm³/mol. The zero-order valence-corrected chi connectivity index (χ0v) is 16.0. The van der Waals surface area contributed by atoms with E-state index in [0.29, 0.717) is 28.6 Å². The second kappa shape index (κ2) is 8.33. The van der Waals surface area contributed by atoms with Gasteiger partial charge in [0.2, 0.25) is 0 Å². The quantitative estimate of drug-likeness (QED) is 0.704. The van der Waals surface area contributed by atoms with Crippen molar-refractivity contribution in [2.24, 2.45) is 5.92 Å². The predicted octanol–water partition coefficient (Wildman–Crippen LogP) is 3.71. The normalized spacial score (nSPS) is 18.6. The van der Waals surface area contributed by atoms with Crippen molar-refractivity contribution in [3.05, 3.63) is 65.2 Å². The molecule has 6 heteroatoms. The van der Waals surface area contributed by atoms with Crippen molar-refractivity contribution in [3.63, 3.8) is 0 Å². The van der Waals surface area contributed by atoms with Crippen LogP contribution in [-0.4, -0.2) is 44.5 Å². The zero-order valence-electron chi connectivity index (χ0n) is 14.5. The smallest absolute Gasteiger partial charge is 0.179 e. The molecule has 1 atom stereocenters. The summed E-state index contributed by atoms with van der Waals surface area (Å²) >= 11 is 5.88. The largest absolute Gasteiger partial charge is 0.302 e. The number of hydrogen-bond acceptors (Lipinski definition) is 4. The van der Waals surface area contributed by atoms with E-state index in [1.807, 2.05) is 0 Å². The average Bonchev–Trinajstić information content (AvgIpc) is 2.67. The second-order valence-electron chi connectivity index (χ2n) is 6.64. The summed E-state index contributed by atoms with van der Waals surface area (Å²) in [6, 6.07) is 15.5. The minimum Gasteiger partial charge on any atom is -0.302 e. The van der Waals surface area contributed by atoms with Crippen molar-refractivity contribution in [2.75, 3.05) is 25.4 Å². The molecule has 0 spiro atoms. The van der Waals surface area contributed by atoms with Crippen molar-refractivity contribution in [2.45, 2.75) is 17.7 Å². The minimum atomic E-state index is -3.30. The molecule has 1 aliphatic rings. The topological polar surface area (TPSA) is 54.5 Å². The summed E-state index contributed by atoms with van der Waals surface area (Å²) in [5.41, 5.74) is 0.665. The Morgan fingerprint density at radius 2 is 1.77 bits per heavy atom. The van der Waals surface area contributed by atoms with Gasteiger partial charge in [0.1, 0.15) is 0 Å². The number of carbonyl (C=O) groups excluding carboxylic acids is 1. The molecular formula is C20H22ClNO3S. The first kappa shape index (κ1) is 19.1. The first-order valence-electron chi connectivity index (χ1n) is 8.76. The number of sulfone groups is 1. The molecular weight excluding hydrogens is 370 g/mol. The van der Waals surface area contributed by atoms with Crippen molar-refractivity contribution in [1.82, 2.24) is 4.90 Å². The number of hydrogen-bond donors (Lipinski definition) is 0. The highest BCUT2D eigenvalue weighted by atomic mass is 35.5. The highest BCUT2D eigenvalue weighted by Crippen LogP contribution is 2.22. The van der Waals surface area contributed by atoms with Crippen LogP contribution in [0.5, 0.6) is 0 Å². The number of carbonyl (C=O) groups is 1. The summed E-state index contributed by atoms with van der Waals surface area (Å²) < 4.78 is 24.9. The molecule has 0 N–H and O–H groups in total. The van der Waals surface area contributed by atoms with Gasteiger partial charge in [-0.1, -0.05) is 29.8 Å². The Hall–Kier alpha value is -1.69. The molecule has 2 aromatic carbocycles. The van der Waals surface area contributed by atoms with Crippen LogP contribution < -0.4 is 0 Å². The standard InChI is InChI=1S/C20H22ClNO3S/c21-18-10-8-16(9-11-18)20(23)17-5-4-12-22(15-17)13-14-26(24,25)19-6-2-1-3-7-19/h1-3,6-11,17H,4-5,12-15H2. The maximum absolute atomic E-state index is 12.7. The van der Waals surface area contributed by atoms with E-state index in [2.05, 4.69) is 4.90 Å². The van der Waals surface area contributed by atoms with E-state index in [0.717, 1.165) is 19.4 Å². The van der Waals surface area contributed by atoms with Gasteiger partial charge in [-0.05, 0) is 55.8 Å². The third-order valence-electron chi connectivity index (χ3n) is 4.78. The van der Waals surface area contributed by atoms with Crippen LogP contribution in [0.3, 0.4) is 0 Å². The molecule has 0 saturated carbocycles. The molecule has 0 bridgehead atoms. The van der Waals surface area contributed by atoms with Gasteiger partial charge in [-0.25, -0.2) is 8.42 Å². The molecule has 2 aromatic rings. The number of nitrogens with zero attached hydrogens (tertiary/aromatic N) is 1. The van der Waals surface area contributed by atoms with Gasteiger partial charge in [-0.3, -0.25) is 4.79 Å². The van der Waals surface area contributed by atoms with Gasteiger partial charge in [0, 0.05) is 29.6 Å². The third kappa shape index (κ3) is 4.72. The Balaban J connectivity index is 1.60. The molecule has 3 rings (SSSR count). The van der Waals surface area contributed by atoms with Crippen molar-refractivity contribution < 1.29 is 13.2 Å². The SMILES string of the molecule is O=C(c1ccc(Cl)cc1)C1CCCN(CCS(=O)(=O)c2ccccc2)C1. The number of likely N-dealkylation sites (tertiary alicyclic amines) is 1. The Morgan fingerprint density at radius 1 is 1.08 bits per heavy atom. The molecule has 0 radical (unpaired) electrons. The van der Waals surface area contributed by atoms with E-state index >= 15 is 0 Å². The van der Waals surface area contributed by atoms with Gasteiger partial charge < -0.3 is 4.90 Å². The average molecular weight is 392 g/mol. The Bertz CT molecular complexity index is 850. The molecule has 1 saturated heterocycles. The number of halogens is 1. The lowest BCUT2D eigenvalue weighted by Crippen LogP contribution is -2.41. The third-order valence-corrected chi connectivity index (χ3v) is 6.75. The van der Waals surface area contributed by atoms with E-state index in [9.17, 15) is 13.2 Å². The van der Waals surface area contributed by atoms with Crippen LogP contribution in [0, 0.1) is 5.92 Å². The van der Waals surface area contributed by atoms with Crippen LogP contribution in [-0.2, 0) is 9.84 Å². The monoisotopic (exact) mass is 391 g/mol. The van der Waals surface area contributed by atoms with Crippen LogP contribution in [0.2, 0.25) is 5.02 Å². The summed E-state index contributed by atoms with van der Waals surface area (Å²) in [6.45, 7) is 1.88. The van der Waals surface area contributed by atoms with Crippen LogP contribution in [0.1, 0.15) is 23.2 Å². The van der Waals surface area contributed by atoms with Gasteiger partial charge in [-0.2, -0.15) is 0 Å². The van der Waals surface area contributed by atoms with Crippen LogP contribution in [0.25, 0.3) is 0 Å².